The van der Waals surface area contributed by atoms with E-state index in [-0.39, 0.29) is 17.4 Å². The van der Waals surface area contributed by atoms with Crippen LogP contribution in [0.2, 0.25) is 0 Å². The Morgan fingerprint density at radius 1 is 1.19 bits per heavy atom. The number of fused-ring (bicyclic) bond motifs is 1. The molecule has 0 saturated carbocycles. The summed E-state index contributed by atoms with van der Waals surface area (Å²) in [6, 6.07) is 7.69. The van der Waals surface area contributed by atoms with Gasteiger partial charge in [-0.2, -0.15) is 0 Å². The van der Waals surface area contributed by atoms with Crippen LogP contribution in [0.5, 0.6) is 5.75 Å². The molecule has 1 unspecified atom stereocenters. The number of aromatic nitrogens is 4. The lowest BCUT2D eigenvalue weighted by molar-refractivity contribution is -0.122. The number of nitrogens with one attached hydrogen (secondary N) is 1. The first-order chi connectivity index (χ1) is 14.9. The highest BCUT2D eigenvalue weighted by Crippen LogP contribution is 2.40. The van der Waals surface area contributed by atoms with Gasteiger partial charge in [0, 0.05) is 30.6 Å². The zero-order valence-corrected chi connectivity index (χ0v) is 18.1. The van der Waals surface area contributed by atoms with E-state index in [4.69, 9.17) is 9.72 Å². The fourth-order valence-electron chi connectivity index (χ4n) is 4.14. The number of aryl methyl sites for hydroxylation is 1. The predicted molar refractivity (Wildman–Crippen MR) is 117 cm³/mol. The zero-order chi connectivity index (χ0) is 21.8. The van der Waals surface area contributed by atoms with E-state index in [1.807, 2.05) is 30.5 Å². The Hall–Kier alpha value is -3.35. The van der Waals surface area contributed by atoms with E-state index >= 15 is 0 Å². The van der Waals surface area contributed by atoms with Crippen LogP contribution in [0, 0.1) is 5.41 Å². The van der Waals surface area contributed by atoms with Crippen molar-refractivity contribution in [3.05, 3.63) is 65.9 Å². The number of hydrogen-bond donors (Lipinski definition) is 1. The number of carbonyl (C=O) groups is 1. The summed E-state index contributed by atoms with van der Waals surface area (Å²) in [7, 11) is 1.65. The number of rotatable bonds is 6. The predicted octanol–water partition coefficient (Wildman–Crippen LogP) is 3.70. The molecule has 0 spiro atoms. The Labute approximate surface area is 182 Å². The lowest BCUT2D eigenvalue weighted by atomic mass is 9.74. The van der Waals surface area contributed by atoms with E-state index in [0.717, 1.165) is 35.4 Å². The number of ether oxygens (including phenoxy) is 1. The Bertz CT molecular complexity index is 1070. The van der Waals surface area contributed by atoms with E-state index in [1.165, 1.54) is 0 Å². The second kappa shape index (κ2) is 8.79. The number of carbonyl (C=O) groups excluding carboxylic acids is 1. The van der Waals surface area contributed by atoms with E-state index in [0.29, 0.717) is 24.4 Å². The van der Waals surface area contributed by atoms with Gasteiger partial charge in [-0.05, 0) is 36.3 Å². The zero-order valence-electron chi connectivity index (χ0n) is 18.1. The minimum Gasteiger partial charge on any atom is -0.496 e. The molecule has 31 heavy (non-hydrogen) atoms. The van der Waals surface area contributed by atoms with Crippen LogP contribution in [0.25, 0.3) is 11.5 Å². The smallest absolute Gasteiger partial charge is 0.220 e. The third-order valence-corrected chi connectivity index (χ3v) is 5.62. The van der Waals surface area contributed by atoms with Crippen molar-refractivity contribution in [2.45, 2.75) is 45.6 Å². The number of nitrogens with zero attached hydrogens (tertiary/aromatic N) is 4. The molecule has 3 aromatic rings. The second-order valence-electron chi connectivity index (χ2n) is 8.66. The Kier molecular flexibility index (Phi) is 5.93. The van der Waals surface area contributed by atoms with Crippen molar-refractivity contribution in [2.75, 3.05) is 7.11 Å². The first-order valence-electron chi connectivity index (χ1n) is 10.5. The molecule has 4 rings (SSSR count). The molecule has 0 fully saturated rings. The van der Waals surface area contributed by atoms with Crippen molar-refractivity contribution in [3.8, 4) is 17.3 Å². The molecule has 0 bridgehead atoms. The molecule has 7 heteroatoms. The topological polar surface area (TPSA) is 89.9 Å². The second-order valence-corrected chi connectivity index (χ2v) is 8.66. The Morgan fingerprint density at radius 2 is 2.03 bits per heavy atom. The summed E-state index contributed by atoms with van der Waals surface area (Å²) in [5, 5.41) is 3.21. The van der Waals surface area contributed by atoms with E-state index in [1.54, 1.807) is 25.7 Å². The van der Waals surface area contributed by atoms with Gasteiger partial charge in [0.05, 0.1) is 25.0 Å². The molecule has 7 nitrogen and oxygen atoms in total. The highest BCUT2D eigenvalue weighted by molar-refractivity contribution is 5.77. The summed E-state index contributed by atoms with van der Waals surface area (Å²) in [6.45, 7) is 4.40. The minimum atomic E-state index is -0.111. The molecule has 1 aliphatic rings. The van der Waals surface area contributed by atoms with Gasteiger partial charge in [-0.25, -0.2) is 15.0 Å². The monoisotopic (exact) mass is 417 g/mol. The first kappa shape index (κ1) is 20.9. The van der Waals surface area contributed by atoms with Gasteiger partial charge in [-0.3, -0.25) is 9.78 Å². The van der Waals surface area contributed by atoms with Crippen molar-refractivity contribution in [1.29, 1.82) is 0 Å². The standard InChI is InChI=1S/C24H27N5O2/c1-24(2)12-18(28-22(30)9-8-16-6-4-5-7-21(16)31-3)17-14-27-23(29-19(17)13-24)20-15-25-10-11-26-20/h4-7,10-11,14-15,18H,8-9,12-13H2,1-3H3,(H,28,30). The third kappa shape index (κ3) is 4.87. The Balaban J connectivity index is 1.50. The molecular formula is C24H27N5O2. The average Bonchev–Trinajstić information content (AvgIpc) is 2.77. The molecule has 0 aliphatic heterocycles. The molecule has 2 heterocycles. The minimum absolute atomic E-state index is 0.0116. The van der Waals surface area contributed by atoms with Gasteiger partial charge in [0.25, 0.3) is 0 Å². The van der Waals surface area contributed by atoms with Crippen molar-refractivity contribution in [2.24, 2.45) is 5.41 Å². The van der Waals surface area contributed by atoms with Gasteiger partial charge < -0.3 is 10.1 Å². The fraction of sp³-hybridized carbons (Fsp3) is 0.375. The average molecular weight is 418 g/mol. The van der Waals surface area contributed by atoms with Gasteiger partial charge in [0.15, 0.2) is 5.82 Å². The quantitative estimate of drug-likeness (QED) is 0.658. The number of amides is 1. The van der Waals surface area contributed by atoms with Crippen molar-refractivity contribution >= 4 is 5.91 Å². The van der Waals surface area contributed by atoms with Crippen LogP contribution < -0.4 is 10.1 Å². The van der Waals surface area contributed by atoms with E-state index < -0.39 is 0 Å². The molecule has 1 atom stereocenters. The van der Waals surface area contributed by atoms with Crippen LogP contribution in [0.15, 0.2) is 49.1 Å². The summed E-state index contributed by atoms with van der Waals surface area (Å²) < 4.78 is 5.39. The van der Waals surface area contributed by atoms with Crippen LogP contribution in [0.1, 0.15) is 49.6 Å². The molecule has 0 radical (unpaired) electrons. The molecule has 1 amide bonds. The molecule has 1 N–H and O–H groups in total. The van der Waals surface area contributed by atoms with Crippen LogP contribution >= 0.6 is 0 Å². The maximum atomic E-state index is 12.8. The third-order valence-electron chi connectivity index (χ3n) is 5.62. The Morgan fingerprint density at radius 3 is 2.81 bits per heavy atom. The highest BCUT2D eigenvalue weighted by Gasteiger charge is 2.34. The van der Waals surface area contributed by atoms with Crippen LogP contribution in [0.4, 0.5) is 0 Å². The van der Waals surface area contributed by atoms with E-state index in [2.05, 4.69) is 34.1 Å². The largest absolute Gasteiger partial charge is 0.496 e. The van der Waals surface area contributed by atoms with Crippen molar-refractivity contribution < 1.29 is 9.53 Å². The lowest BCUT2D eigenvalue weighted by Gasteiger charge is -2.36. The van der Waals surface area contributed by atoms with Gasteiger partial charge in [-0.1, -0.05) is 32.0 Å². The molecular weight excluding hydrogens is 390 g/mol. The summed E-state index contributed by atoms with van der Waals surface area (Å²) in [4.78, 5) is 30.5. The molecule has 0 saturated heterocycles. The number of para-hydroxylation sites is 1. The summed E-state index contributed by atoms with van der Waals surface area (Å²) >= 11 is 0. The SMILES string of the molecule is COc1ccccc1CCC(=O)NC1CC(C)(C)Cc2nc(-c3cnccn3)ncc21. The molecule has 1 aliphatic carbocycles. The lowest BCUT2D eigenvalue weighted by Crippen LogP contribution is -2.37. The van der Waals surface area contributed by atoms with Crippen molar-refractivity contribution in [3.63, 3.8) is 0 Å². The van der Waals surface area contributed by atoms with Crippen LogP contribution in [-0.4, -0.2) is 33.0 Å². The van der Waals surface area contributed by atoms with Gasteiger partial charge >= 0.3 is 0 Å². The highest BCUT2D eigenvalue weighted by atomic mass is 16.5. The van der Waals surface area contributed by atoms with Gasteiger partial charge in [0.2, 0.25) is 5.91 Å². The summed E-state index contributed by atoms with van der Waals surface area (Å²) in [5.41, 5.74) is 3.63. The van der Waals surface area contributed by atoms with Crippen LogP contribution in [-0.2, 0) is 17.6 Å². The van der Waals surface area contributed by atoms with E-state index in [9.17, 15) is 4.79 Å². The maximum absolute atomic E-state index is 12.8. The van der Waals surface area contributed by atoms with Gasteiger partial charge in [0.1, 0.15) is 11.4 Å². The van der Waals surface area contributed by atoms with Crippen LogP contribution in [0.3, 0.4) is 0 Å². The first-order valence-corrected chi connectivity index (χ1v) is 10.5. The van der Waals surface area contributed by atoms with Gasteiger partial charge in [-0.15, -0.1) is 0 Å². The maximum Gasteiger partial charge on any atom is 0.220 e. The molecule has 1 aromatic carbocycles. The summed E-state index contributed by atoms with van der Waals surface area (Å²) in [6.07, 6.45) is 9.43. The summed E-state index contributed by atoms with van der Waals surface area (Å²) in [5.74, 6) is 1.38. The normalized spacial score (nSPS) is 16.9. The van der Waals surface area contributed by atoms with Crippen molar-refractivity contribution in [1.82, 2.24) is 25.3 Å². The molecule has 2 aromatic heterocycles. The number of benzene rings is 1. The number of methoxy groups -OCH3 is 1. The number of hydrogen-bond acceptors (Lipinski definition) is 6. The fourth-order valence-corrected chi connectivity index (χ4v) is 4.14. The molecule has 160 valence electrons.